The van der Waals surface area contributed by atoms with Gasteiger partial charge in [0, 0.05) is 11.1 Å². The van der Waals surface area contributed by atoms with Gasteiger partial charge in [-0.3, -0.25) is 4.79 Å². The van der Waals surface area contributed by atoms with Gasteiger partial charge in [0.15, 0.2) is 0 Å². The van der Waals surface area contributed by atoms with Crippen LogP contribution in [0.15, 0.2) is 59.6 Å². The fourth-order valence-electron chi connectivity index (χ4n) is 2.55. The first kappa shape index (κ1) is 18.5. The zero-order valence-corrected chi connectivity index (χ0v) is 16.1. The number of carbonyl (C=O) groups excluding carboxylic acids is 1. The topological polar surface area (TPSA) is 51.2 Å². The van der Waals surface area contributed by atoms with Crippen LogP contribution in [0.3, 0.4) is 0 Å². The number of fused-ring (bicyclic) bond motifs is 1. The summed E-state index contributed by atoms with van der Waals surface area (Å²) >= 11 is 7.58. The maximum atomic E-state index is 12.6. The monoisotopic (exact) mass is 386 g/mol. The van der Waals surface area contributed by atoms with E-state index in [9.17, 15) is 4.79 Å². The van der Waals surface area contributed by atoms with E-state index in [1.54, 1.807) is 25.3 Å². The average molecular weight is 387 g/mol. The fraction of sp³-hybridized carbons (Fsp3) is 0.200. The standard InChI is InChI=1S/C20H19ClN2O2S/c1-3-18(20(24)22-14-9-10-17(25-2)15(21)12-14)26-19-11-8-13-6-4-5-7-16(13)23-19/h4-12,18H,3H2,1-2H3,(H,22,24). The first-order chi connectivity index (χ1) is 12.6. The van der Waals surface area contributed by atoms with Crippen molar-refractivity contribution in [3.8, 4) is 5.75 Å². The number of halogens is 1. The van der Waals surface area contributed by atoms with E-state index in [2.05, 4.69) is 10.3 Å². The van der Waals surface area contributed by atoms with Crippen molar-refractivity contribution in [2.75, 3.05) is 12.4 Å². The number of nitrogens with zero attached hydrogens (tertiary/aromatic N) is 1. The number of amides is 1. The Morgan fingerprint density at radius 1 is 1.23 bits per heavy atom. The first-order valence-corrected chi connectivity index (χ1v) is 9.53. The Bertz CT molecular complexity index is 933. The number of carbonyl (C=O) groups is 1. The number of para-hydroxylation sites is 1. The molecule has 0 aliphatic rings. The Hall–Kier alpha value is -2.24. The predicted octanol–water partition coefficient (Wildman–Crippen LogP) is 5.41. The molecule has 1 unspecified atom stereocenters. The summed E-state index contributed by atoms with van der Waals surface area (Å²) in [5.74, 6) is 0.500. The van der Waals surface area contributed by atoms with E-state index < -0.39 is 0 Å². The number of pyridine rings is 1. The van der Waals surface area contributed by atoms with Gasteiger partial charge in [0.2, 0.25) is 5.91 Å². The fourth-order valence-corrected chi connectivity index (χ4v) is 3.73. The van der Waals surface area contributed by atoms with Crippen LogP contribution in [0.2, 0.25) is 5.02 Å². The van der Waals surface area contributed by atoms with E-state index in [1.807, 2.05) is 43.3 Å². The minimum atomic E-state index is -0.246. The summed E-state index contributed by atoms with van der Waals surface area (Å²) in [7, 11) is 1.56. The molecular formula is C20H19ClN2O2S. The van der Waals surface area contributed by atoms with Gasteiger partial charge in [0.25, 0.3) is 0 Å². The Morgan fingerprint density at radius 2 is 2.04 bits per heavy atom. The quantitative estimate of drug-likeness (QED) is 0.576. The van der Waals surface area contributed by atoms with E-state index in [0.717, 1.165) is 15.9 Å². The molecule has 0 saturated heterocycles. The number of aromatic nitrogens is 1. The number of methoxy groups -OCH3 is 1. The van der Waals surface area contributed by atoms with E-state index >= 15 is 0 Å². The highest BCUT2D eigenvalue weighted by atomic mass is 35.5. The smallest absolute Gasteiger partial charge is 0.237 e. The number of thioether (sulfide) groups is 1. The molecule has 134 valence electrons. The molecular weight excluding hydrogens is 368 g/mol. The number of ether oxygens (including phenoxy) is 1. The molecule has 0 bridgehead atoms. The van der Waals surface area contributed by atoms with E-state index in [-0.39, 0.29) is 11.2 Å². The van der Waals surface area contributed by atoms with Crippen molar-refractivity contribution in [3.05, 3.63) is 59.6 Å². The lowest BCUT2D eigenvalue weighted by molar-refractivity contribution is -0.115. The van der Waals surface area contributed by atoms with Crippen molar-refractivity contribution in [1.82, 2.24) is 4.98 Å². The number of hydrogen-bond donors (Lipinski definition) is 1. The highest BCUT2D eigenvalue weighted by Crippen LogP contribution is 2.29. The van der Waals surface area contributed by atoms with Gasteiger partial charge in [-0.2, -0.15) is 0 Å². The van der Waals surface area contributed by atoms with Crippen LogP contribution in [-0.4, -0.2) is 23.3 Å². The Balaban J connectivity index is 1.72. The lowest BCUT2D eigenvalue weighted by Gasteiger charge is -2.15. The molecule has 1 aromatic heterocycles. The van der Waals surface area contributed by atoms with Crippen molar-refractivity contribution in [1.29, 1.82) is 0 Å². The number of anilines is 1. The number of hydrogen-bond acceptors (Lipinski definition) is 4. The average Bonchev–Trinajstić information content (AvgIpc) is 2.66. The molecule has 2 aromatic carbocycles. The normalized spacial score (nSPS) is 12.0. The maximum absolute atomic E-state index is 12.6. The summed E-state index contributed by atoms with van der Waals surface area (Å²) in [6.07, 6.45) is 0.689. The zero-order valence-electron chi connectivity index (χ0n) is 14.5. The van der Waals surface area contributed by atoms with E-state index in [0.29, 0.717) is 22.9 Å². The van der Waals surface area contributed by atoms with Gasteiger partial charge < -0.3 is 10.1 Å². The van der Waals surface area contributed by atoms with Gasteiger partial charge in [0.05, 0.1) is 27.9 Å². The third-order valence-corrected chi connectivity index (χ3v) is 5.51. The molecule has 0 saturated carbocycles. The van der Waals surface area contributed by atoms with Gasteiger partial charge in [-0.05, 0) is 36.8 Å². The zero-order chi connectivity index (χ0) is 18.5. The Kier molecular flexibility index (Phi) is 6.01. The summed E-state index contributed by atoms with van der Waals surface area (Å²) in [5.41, 5.74) is 1.57. The molecule has 1 atom stereocenters. The summed E-state index contributed by atoms with van der Waals surface area (Å²) in [6.45, 7) is 1.99. The van der Waals surface area contributed by atoms with Crippen LogP contribution in [0.25, 0.3) is 10.9 Å². The molecule has 6 heteroatoms. The minimum Gasteiger partial charge on any atom is -0.495 e. The highest BCUT2D eigenvalue weighted by Gasteiger charge is 2.19. The summed E-state index contributed by atoms with van der Waals surface area (Å²) in [5, 5.41) is 5.05. The van der Waals surface area contributed by atoms with Crippen LogP contribution >= 0.6 is 23.4 Å². The van der Waals surface area contributed by atoms with Gasteiger partial charge in [-0.15, -0.1) is 0 Å². The van der Waals surface area contributed by atoms with Crippen molar-refractivity contribution < 1.29 is 9.53 Å². The molecule has 4 nitrogen and oxygen atoms in total. The van der Waals surface area contributed by atoms with Crippen LogP contribution in [0.1, 0.15) is 13.3 Å². The summed E-state index contributed by atoms with van der Waals surface area (Å²) in [4.78, 5) is 17.3. The molecule has 0 fully saturated rings. The van der Waals surface area contributed by atoms with Crippen LogP contribution in [-0.2, 0) is 4.79 Å². The minimum absolute atomic E-state index is 0.0753. The Labute approximate surface area is 161 Å². The summed E-state index contributed by atoms with van der Waals surface area (Å²) < 4.78 is 5.13. The van der Waals surface area contributed by atoms with Crippen molar-refractivity contribution in [3.63, 3.8) is 0 Å². The molecule has 0 aliphatic carbocycles. The molecule has 1 heterocycles. The number of rotatable bonds is 6. The number of benzene rings is 2. The Morgan fingerprint density at radius 3 is 2.77 bits per heavy atom. The largest absolute Gasteiger partial charge is 0.495 e. The highest BCUT2D eigenvalue weighted by molar-refractivity contribution is 8.00. The molecule has 0 spiro atoms. The molecule has 0 aliphatic heterocycles. The van der Waals surface area contributed by atoms with Crippen LogP contribution in [0.4, 0.5) is 5.69 Å². The molecule has 3 rings (SSSR count). The van der Waals surface area contributed by atoms with Crippen LogP contribution in [0, 0.1) is 0 Å². The molecule has 1 N–H and O–H groups in total. The summed E-state index contributed by atoms with van der Waals surface area (Å²) in [6, 6.07) is 17.1. The molecule has 3 aromatic rings. The molecule has 26 heavy (non-hydrogen) atoms. The lowest BCUT2D eigenvalue weighted by atomic mass is 10.2. The second kappa shape index (κ2) is 8.43. The van der Waals surface area contributed by atoms with Gasteiger partial charge >= 0.3 is 0 Å². The van der Waals surface area contributed by atoms with Crippen LogP contribution < -0.4 is 10.1 Å². The van der Waals surface area contributed by atoms with Gasteiger partial charge in [-0.25, -0.2) is 4.98 Å². The van der Waals surface area contributed by atoms with Crippen molar-refractivity contribution in [2.24, 2.45) is 0 Å². The van der Waals surface area contributed by atoms with Crippen molar-refractivity contribution in [2.45, 2.75) is 23.6 Å². The second-order valence-electron chi connectivity index (χ2n) is 5.70. The third kappa shape index (κ3) is 4.29. The number of nitrogens with one attached hydrogen (secondary N) is 1. The van der Waals surface area contributed by atoms with Gasteiger partial charge in [0.1, 0.15) is 5.75 Å². The SMILES string of the molecule is CCC(Sc1ccc2ccccc2n1)C(=O)Nc1ccc(OC)c(Cl)c1. The van der Waals surface area contributed by atoms with E-state index in [1.165, 1.54) is 11.8 Å². The van der Waals surface area contributed by atoms with E-state index in [4.69, 9.17) is 16.3 Å². The molecule has 1 amide bonds. The third-order valence-electron chi connectivity index (χ3n) is 3.92. The van der Waals surface area contributed by atoms with Gasteiger partial charge in [-0.1, -0.05) is 54.6 Å². The van der Waals surface area contributed by atoms with Crippen LogP contribution in [0.5, 0.6) is 5.75 Å². The molecule has 0 radical (unpaired) electrons. The second-order valence-corrected chi connectivity index (χ2v) is 7.33. The van der Waals surface area contributed by atoms with Crippen molar-refractivity contribution >= 4 is 45.9 Å². The lowest BCUT2D eigenvalue weighted by Crippen LogP contribution is -2.24. The maximum Gasteiger partial charge on any atom is 0.237 e. The first-order valence-electron chi connectivity index (χ1n) is 8.27. The predicted molar refractivity (Wildman–Crippen MR) is 108 cm³/mol.